The monoisotopic (exact) mass is 234 g/mol. The van der Waals surface area contributed by atoms with Crippen molar-refractivity contribution < 1.29 is 8.78 Å². The summed E-state index contributed by atoms with van der Waals surface area (Å²) in [5, 5.41) is 0. The Morgan fingerprint density at radius 1 is 1.18 bits per heavy atom. The summed E-state index contributed by atoms with van der Waals surface area (Å²) in [6.45, 7) is 4.19. The molecule has 1 aliphatic rings. The molecule has 0 nitrogen and oxygen atoms in total. The molecule has 0 aromatic heterocycles. The van der Waals surface area contributed by atoms with Crippen LogP contribution in [0.15, 0.2) is 48.3 Å². The fourth-order valence-corrected chi connectivity index (χ4v) is 2.18. The van der Waals surface area contributed by atoms with Crippen LogP contribution in [0, 0.1) is 11.2 Å². The minimum Gasteiger partial charge on any atom is -0.207 e. The lowest BCUT2D eigenvalue weighted by Crippen LogP contribution is -2.22. The predicted molar refractivity (Wildman–Crippen MR) is 65.9 cm³/mol. The molecular weight excluding hydrogens is 218 g/mol. The van der Waals surface area contributed by atoms with Gasteiger partial charge in [0, 0.05) is 0 Å². The van der Waals surface area contributed by atoms with Crippen LogP contribution in [0.3, 0.4) is 0 Å². The van der Waals surface area contributed by atoms with E-state index in [1.54, 1.807) is 18.2 Å². The van der Waals surface area contributed by atoms with Crippen LogP contribution in [0.2, 0.25) is 0 Å². The van der Waals surface area contributed by atoms with Crippen molar-refractivity contribution >= 4 is 0 Å². The fraction of sp³-hybridized carbons (Fsp3) is 0.333. The molecule has 0 aliphatic heterocycles. The first-order valence-corrected chi connectivity index (χ1v) is 5.82. The van der Waals surface area contributed by atoms with Crippen LogP contribution < -0.4 is 0 Å². The highest BCUT2D eigenvalue weighted by Crippen LogP contribution is 2.42. The topological polar surface area (TPSA) is 0 Å². The maximum Gasteiger partial charge on any atom is 0.123 e. The van der Waals surface area contributed by atoms with E-state index in [1.807, 2.05) is 6.08 Å². The lowest BCUT2D eigenvalue weighted by molar-refractivity contribution is 0.349. The second kappa shape index (κ2) is 4.44. The van der Waals surface area contributed by atoms with Crippen LogP contribution in [-0.2, 0) is 0 Å². The molecule has 0 bridgehead atoms. The Bertz CT molecular complexity index is 456. The van der Waals surface area contributed by atoms with Crippen molar-refractivity contribution in [1.82, 2.24) is 0 Å². The standard InChI is InChI=1S/C15H16F2/c1-11(12-3-5-13(16)6-4-12)15(2)9-7-14(17)8-10-15/h3-9,11H,10H2,1-2H3. The van der Waals surface area contributed by atoms with E-state index in [0.717, 1.165) is 5.56 Å². The molecule has 1 aliphatic carbocycles. The molecule has 17 heavy (non-hydrogen) atoms. The minimum atomic E-state index is -0.226. The summed E-state index contributed by atoms with van der Waals surface area (Å²) in [6, 6.07) is 6.54. The summed E-state index contributed by atoms with van der Waals surface area (Å²) in [7, 11) is 0. The Morgan fingerprint density at radius 2 is 1.82 bits per heavy atom. The third-order valence-corrected chi connectivity index (χ3v) is 3.72. The van der Waals surface area contributed by atoms with Gasteiger partial charge in [0.2, 0.25) is 0 Å². The van der Waals surface area contributed by atoms with E-state index in [4.69, 9.17) is 0 Å². The number of halogens is 2. The summed E-state index contributed by atoms with van der Waals surface area (Å²) >= 11 is 0. The first-order chi connectivity index (χ1) is 8.01. The second-order valence-electron chi connectivity index (χ2n) is 4.91. The van der Waals surface area contributed by atoms with E-state index < -0.39 is 0 Å². The molecule has 0 radical (unpaired) electrons. The SMILES string of the molecule is CC(c1ccc(F)cc1)C1(C)C=CC(F)=CC1. The lowest BCUT2D eigenvalue weighted by Gasteiger charge is -2.34. The molecule has 0 saturated carbocycles. The quantitative estimate of drug-likeness (QED) is 0.692. The maximum absolute atomic E-state index is 13.0. The molecule has 0 heterocycles. The average molecular weight is 234 g/mol. The third kappa shape index (κ3) is 2.46. The predicted octanol–water partition coefficient (Wildman–Crippen LogP) is 4.75. The molecule has 0 fully saturated rings. The molecule has 0 saturated heterocycles. The van der Waals surface area contributed by atoms with Gasteiger partial charge in [-0.2, -0.15) is 0 Å². The zero-order chi connectivity index (χ0) is 12.5. The summed E-state index contributed by atoms with van der Waals surface area (Å²) in [5.41, 5.74) is 0.974. The fourth-order valence-electron chi connectivity index (χ4n) is 2.18. The van der Waals surface area contributed by atoms with Gasteiger partial charge in [-0.1, -0.05) is 32.1 Å². The van der Waals surface area contributed by atoms with Crippen LogP contribution in [-0.4, -0.2) is 0 Å². The van der Waals surface area contributed by atoms with Crippen LogP contribution in [0.1, 0.15) is 31.7 Å². The van der Waals surface area contributed by atoms with Crippen molar-refractivity contribution in [3.63, 3.8) is 0 Å². The Morgan fingerprint density at radius 3 is 2.35 bits per heavy atom. The van der Waals surface area contributed by atoms with Gasteiger partial charge in [-0.3, -0.25) is 0 Å². The molecule has 90 valence electrons. The smallest absolute Gasteiger partial charge is 0.123 e. The Balaban J connectivity index is 2.23. The van der Waals surface area contributed by atoms with Gasteiger partial charge >= 0.3 is 0 Å². The largest absolute Gasteiger partial charge is 0.207 e. The zero-order valence-electron chi connectivity index (χ0n) is 10.1. The molecule has 2 heteroatoms. The molecule has 1 aromatic carbocycles. The summed E-state index contributed by atoms with van der Waals surface area (Å²) in [4.78, 5) is 0. The van der Waals surface area contributed by atoms with Crippen molar-refractivity contribution in [2.24, 2.45) is 5.41 Å². The van der Waals surface area contributed by atoms with Gasteiger partial charge in [0.15, 0.2) is 0 Å². The molecule has 2 rings (SSSR count). The molecular formula is C15H16F2. The molecule has 0 amide bonds. The van der Waals surface area contributed by atoms with Crippen LogP contribution >= 0.6 is 0 Å². The van der Waals surface area contributed by atoms with Crippen LogP contribution in [0.4, 0.5) is 8.78 Å². The lowest BCUT2D eigenvalue weighted by atomic mass is 9.70. The molecule has 0 N–H and O–H groups in total. The number of hydrogen-bond donors (Lipinski definition) is 0. The molecule has 2 atom stereocenters. The van der Waals surface area contributed by atoms with E-state index in [-0.39, 0.29) is 23.0 Å². The molecule has 0 spiro atoms. The van der Waals surface area contributed by atoms with Crippen LogP contribution in [0.5, 0.6) is 0 Å². The molecule has 1 aromatic rings. The highest BCUT2D eigenvalue weighted by atomic mass is 19.1. The Hall–Kier alpha value is -1.44. The first-order valence-electron chi connectivity index (χ1n) is 5.82. The Kier molecular flexibility index (Phi) is 3.14. The zero-order valence-corrected chi connectivity index (χ0v) is 10.1. The van der Waals surface area contributed by atoms with Crippen LogP contribution in [0.25, 0.3) is 0 Å². The maximum atomic E-state index is 13.0. The highest BCUT2D eigenvalue weighted by molar-refractivity contribution is 5.29. The average Bonchev–Trinajstić information content (AvgIpc) is 2.33. The number of rotatable bonds is 2. The van der Waals surface area contributed by atoms with Crippen molar-refractivity contribution in [3.05, 3.63) is 59.7 Å². The van der Waals surface area contributed by atoms with Gasteiger partial charge in [0.1, 0.15) is 11.6 Å². The van der Waals surface area contributed by atoms with Gasteiger partial charge in [-0.25, -0.2) is 8.78 Å². The van der Waals surface area contributed by atoms with Gasteiger partial charge in [0.05, 0.1) is 0 Å². The molecule has 2 unspecified atom stereocenters. The van der Waals surface area contributed by atoms with E-state index >= 15 is 0 Å². The minimum absolute atomic E-state index is 0.104. The van der Waals surface area contributed by atoms with Gasteiger partial charge < -0.3 is 0 Å². The number of hydrogen-bond acceptors (Lipinski definition) is 0. The third-order valence-electron chi connectivity index (χ3n) is 3.72. The van der Waals surface area contributed by atoms with E-state index in [0.29, 0.717) is 6.42 Å². The summed E-state index contributed by atoms with van der Waals surface area (Å²) < 4.78 is 25.8. The highest BCUT2D eigenvalue weighted by Gasteiger charge is 2.30. The van der Waals surface area contributed by atoms with Crippen molar-refractivity contribution in [1.29, 1.82) is 0 Å². The van der Waals surface area contributed by atoms with Gasteiger partial charge in [-0.15, -0.1) is 0 Å². The van der Waals surface area contributed by atoms with Crippen molar-refractivity contribution in [3.8, 4) is 0 Å². The number of allylic oxidation sites excluding steroid dienone is 4. The van der Waals surface area contributed by atoms with E-state index in [1.165, 1.54) is 18.2 Å². The van der Waals surface area contributed by atoms with E-state index in [2.05, 4.69) is 13.8 Å². The first kappa shape index (κ1) is 12.0. The van der Waals surface area contributed by atoms with E-state index in [9.17, 15) is 8.78 Å². The normalized spacial score (nSPS) is 25.5. The van der Waals surface area contributed by atoms with Gasteiger partial charge in [-0.05, 0) is 47.6 Å². The van der Waals surface area contributed by atoms with Crippen molar-refractivity contribution in [2.75, 3.05) is 0 Å². The van der Waals surface area contributed by atoms with Crippen molar-refractivity contribution in [2.45, 2.75) is 26.2 Å². The summed E-state index contributed by atoms with van der Waals surface area (Å²) in [5.74, 6) is -0.172. The Labute approximate surface area is 101 Å². The summed E-state index contributed by atoms with van der Waals surface area (Å²) in [6.07, 6.45) is 5.72. The van der Waals surface area contributed by atoms with Gasteiger partial charge in [0.25, 0.3) is 0 Å². The number of benzene rings is 1. The second-order valence-corrected chi connectivity index (χ2v) is 4.91.